The van der Waals surface area contributed by atoms with E-state index in [0.717, 1.165) is 30.1 Å². The molecule has 24 heavy (non-hydrogen) atoms. The molecule has 0 unspecified atom stereocenters. The molecule has 0 amide bonds. The summed E-state index contributed by atoms with van der Waals surface area (Å²) in [6, 6.07) is 3.86. The van der Waals surface area contributed by atoms with E-state index in [1.807, 2.05) is 46.0 Å². The fourth-order valence-corrected chi connectivity index (χ4v) is 2.14. The van der Waals surface area contributed by atoms with Crippen LogP contribution in [0.2, 0.25) is 0 Å². The predicted octanol–water partition coefficient (Wildman–Crippen LogP) is 2.52. The largest absolute Gasteiger partial charge is 0.464 e. The van der Waals surface area contributed by atoms with Gasteiger partial charge in [-0.15, -0.1) is 5.10 Å². The second-order valence-corrected chi connectivity index (χ2v) is 6.66. The van der Waals surface area contributed by atoms with Gasteiger partial charge in [0.25, 0.3) is 0 Å². The summed E-state index contributed by atoms with van der Waals surface area (Å²) < 4.78 is 17.7. The predicted molar refractivity (Wildman–Crippen MR) is 87.6 cm³/mol. The van der Waals surface area contributed by atoms with Gasteiger partial charge in [0.15, 0.2) is 0 Å². The standard InChI is InChI=1S/C17H25N3O4/c1-13-7-8-15(23-13)11-20-10-14(18-19-20)6-5-9-22-12-16(21)24-17(2,3)4/h7-8,10H,5-6,9,11-12H2,1-4H3. The number of aromatic nitrogens is 3. The van der Waals surface area contributed by atoms with Gasteiger partial charge in [-0.1, -0.05) is 5.21 Å². The Hall–Kier alpha value is -2.15. The monoisotopic (exact) mass is 335 g/mol. The molecule has 0 atom stereocenters. The van der Waals surface area contributed by atoms with Gasteiger partial charge in [-0.05, 0) is 52.7 Å². The molecule has 0 saturated carbocycles. The molecule has 0 aliphatic rings. The number of hydrogen-bond acceptors (Lipinski definition) is 6. The number of esters is 1. The normalized spacial score (nSPS) is 11.7. The summed E-state index contributed by atoms with van der Waals surface area (Å²) >= 11 is 0. The van der Waals surface area contributed by atoms with Gasteiger partial charge in [0.1, 0.15) is 30.3 Å². The molecule has 2 aromatic heterocycles. The summed E-state index contributed by atoms with van der Waals surface area (Å²) in [5.74, 6) is 1.39. The first kappa shape index (κ1) is 18.2. The lowest BCUT2D eigenvalue weighted by atomic mass is 10.2. The highest BCUT2D eigenvalue weighted by atomic mass is 16.6. The van der Waals surface area contributed by atoms with Crippen LogP contribution >= 0.6 is 0 Å². The first-order chi connectivity index (χ1) is 11.3. The number of furan rings is 1. The number of rotatable bonds is 8. The second kappa shape index (κ2) is 8.10. The molecule has 7 heteroatoms. The molecular formula is C17H25N3O4. The quantitative estimate of drug-likeness (QED) is 0.545. The van der Waals surface area contributed by atoms with Crippen LogP contribution in [0.1, 0.15) is 44.4 Å². The number of carbonyl (C=O) groups is 1. The molecule has 0 aliphatic carbocycles. The highest BCUT2D eigenvalue weighted by Gasteiger charge is 2.15. The van der Waals surface area contributed by atoms with Crippen molar-refractivity contribution < 1.29 is 18.7 Å². The fraction of sp³-hybridized carbons (Fsp3) is 0.588. The molecule has 7 nitrogen and oxygen atoms in total. The Balaban J connectivity index is 1.64. The van der Waals surface area contributed by atoms with Crippen molar-refractivity contribution in [3.8, 4) is 0 Å². The third kappa shape index (κ3) is 6.54. The molecule has 2 aromatic rings. The van der Waals surface area contributed by atoms with Crippen LogP contribution in [0.25, 0.3) is 0 Å². The van der Waals surface area contributed by atoms with Gasteiger partial charge in [0, 0.05) is 12.8 Å². The van der Waals surface area contributed by atoms with Crippen LogP contribution < -0.4 is 0 Å². The Morgan fingerprint density at radius 3 is 2.79 bits per heavy atom. The molecule has 0 spiro atoms. The SMILES string of the molecule is Cc1ccc(Cn2cc(CCCOCC(=O)OC(C)(C)C)nn2)o1. The molecular weight excluding hydrogens is 310 g/mol. The van der Waals surface area contributed by atoms with Gasteiger partial charge >= 0.3 is 5.97 Å². The number of hydrogen-bond donors (Lipinski definition) is 0. The number of nitrogens with zero attached hydrogens (tertiary/aromatic N) is 3. The Labute approximate surface area is 141 Å². The van der Waals surface area contributed by atoms with Crippen LogP contribution in [-0.2, 0) is 27.2 Å². The first-order valence-electron chi connectivity index (χ1n) is 8.06. The molecule has 2 rings (SSSR count). The second-order valence-electron chi connectivity index (χ2n) is 6.66. The van der Waals surface area contributed by atoms with Crippen molar-refractivity contribution in [2.45, 2.75) is 52.7 Å². The van der Waals surface area contributed by atoms with Crippen molar-refractivity contribution in [3.05, 3.63) is 35.5 Å². The summed E-state index contributed by atoms with van der Waals surface area (Å²) in [6.07, 6.45) is 3.40. The molecule has 0 aliphatic heterocycles. The zero-order valence-corrected chi connectivity index (χ0v) is 14.7. The lowest BCUT2D eigenvalue weighted by Gasteiger charge is -2.19. The number of ether oxygens (including phenoxy) is 2. The van der Waals surface area contributed by atoms with Gasteiger partial charge in [0.2, 0.25) is 0 Å². The zero-order chi connectivity index (χ0) is 17.6. The van der Waals surface area contributed by atoms with Gasteiger partial charge in [0.05, 0.1) is 5.69 Å². The summed E-state index contributed by atoms with van der Waals surface area (Å²) in [5, 5.41) is 8.20. The number of carbonyl (C=O) groups excluding carboxylic acids is 1. The Bertz CT molecular complexity index is 655. The molecule has 2 heterocycles. The van der Waals surface area contributed by atoms with E-state index in [9.17, 15) is 4.79 Å². The average Bonchev–Trinajstić information content (AvgIpc) is 3.06. The van der Waals surface area contributed by atoms with Crippen molar-refractivity contribution in [1.82, 2.24) is 15.0 Å². The van der Waals surface area contributed by atoms with E-state index in [1.54, 1.807) is 4.68 Å². The Morgan fingerprint density at radius 2 is 2.12 bits per heavy atom. The lowest BCUT2D eigenvalue weighted by Crippen LogP contribution is -2.26. The minimum atomic E-state index is -0.481. The molecule has 0 fully saturated rings. The fourth-order valence-electron chi connectivity index (χ4n) is 2.14. The van der Waals surface area contributed by atoms with Crippen molar-refractivity contribution in [2.75, 3.05) is 13.2 Å². The van der Waals surface area contributed by atoms with Crippen LogP contribution in [0.4, 0.5) is 0 Å². The van der Waals surface area contributed by atoms with Crippen molar-refractivity contribution in [1.29, 1.82) is 0 Å². The highest BCUT2D eigenvalue weighted by molar-refractivity contribution is 5.71. The Morgan fingerprint density at radius 1 is 1.33 bits per heavy atom. The van der Waals surface area contributed by atoms with Gasteiger partial charge < -0.3 is 13.9 Å². The van der Waals surface area contributed by atoms with Crippen molar-refractivity contribution >= 4 is 5.97 Å². The van der Waals surface area contributed by atoms with Crippen molar-refractivity contribution in [3.63, 3.8) is 0 Å². The van der Waals surface area contributed by atoms with Crippen LogP contribution in [0.5, 0.6) is 0 Å². The molecule has 132 valence electrons. The van der Waals surface area contributed by atoms with E-state index in [4.69, 9.17) is 13.9 Å². The van der Waals surface area contributed by atoms with Gasteiger partial charge in [-0.3, -0.25) is 0 Å². The molecule has 0 saturated heterocycles. The summed E-state index contributed by atoms with van der Waals surface area (Å²) in [5.41, 5.74) is 0.407. The zero-order valence-electron chi connectivity index (χ0n) is 14.7. The van der Waals surface area contributed by atoms with E-state index in [1.165, 1.54) is 0 Å². The van der Waals surface area contributed by atoms with Gasteiger partial charge in [-0.2, -0.15) is 0 Å². The highest BCUT2D eigenvalue weighted by Crippen LogP contribution is 2.09. The van der Waals surface area contributed by atoms with Crippen LogP contribution in [0, 0.1) is 6.92 Å². The summed E-state index contributed by atoms with van der Waals surface area (Å²) in [4.78, 5) is 11.5. The Kier molecular flexibility index (Phi) is 6.14. The minimum Gasteiger partial charge on any atom is -0.464 e. The van der Waals surface area contributed by atoms with E-state index in [-0.39, 0.29) is 12.6 Å². The van der Waals surface area contributed by atoms with Gasteiger partial charge in [-0.25, -0.2) is 9.48 Å². The maximum absolute atomic E-state index is 11.5. The van der Waals surface area contributed by atoms with Crippen LogP contribution in [0.15, 0.2) is 22.7 Å². The first-order valence-corrected chi connectivity index (χ1v) is 8.06. The smallest absolute Gasteiger partial charge is 0.332 e. The third-order valence-corrected chi connectivity index (χ3v) is 3.06. The van der Waals surface area contributed by atoms with Crippen LogP contribution in [-0.4, -0.2) is 39.8 Å². The van der Waals surface area contributed by atoms with E-state index in [0.29, 0.717) is 13.2 Å². The van der Waals surface area contributed by atoms with Crippen LogP contribution in [0.3, 0.4) is 0 Å². The third-order valence-electron chi connectivity index (χ3n) is 3.06. The summed E-state index contributed by atoms with van der Waals surface area (Å²) in [6.45, 7) is 8.42. The molecule has 0 bridgehead atoms. The van der Waals surface area contributed by atoms with Crippen molar-refractivity contribution in [2.24, 2.45) is 0 Å². The maximum Gasteiger partial charge on any atom is 0.332 e. The lowest BCUT2D eigenvalue weighted by molar-refractivity contribution is -0.160. The maximum atomic E-state index is 11.5. The van der Waals surface area contributed by atoms with E-state index in [2.05, 4.69) is 10.3 Å². The topological polar surface area (TPSA) is 79.4 Å². The molecule has 0 radical (unpaired) electrons. The molecule has 0 aromatic carbocycles. The minimum absolute atomic E-state index is 0.0260. The average molecular weight is 335 g/mol. The number of aryl methyl sites for hydroxylation is 2. The van der Waals surface area contributed by atoms with E-state index < -0.39 is 5.60 Å². The van der Waals surface area contributed by atoms with E-state index >= 15 is 0 Å². The summed E-state index contributed by atoms with van der Waals surface area (Å²) in [7, 11) is 0. The molecule has 0 N–H and O–H groups in total.